The Balaban J connectivity index is 1.93. The van der Waals surface area contributed by atoms with Gasteiger partial charge in [-0.3, -0.25) is 0 Å². The Hall–Kier alpha value is -2.06. The van der Waals surface area contributed by atoms with Crippen molar-refractivity contribution >= 4 is 27.3 Å². The van der Waals surface area contributed by atoms with Gasteiger partial charge in [0.05, 0.1) is 5.48 Å². The number of hydrogen-bond acceptors (Lipinski definition) is 1. The minimum absolute atomic E-state index is 0.0978. The summed E-state index contributed by atoms with van der Waals surface area (Å²) in [6, 6.07) is 17.2. The third kappa shape index (κ3) is 3.09. The molecule has 0 fully saturated rings. The fourth-order valence-corrected chi connectivity index (χ4v) is 2.08. The number of benzene rings is 3. The maximum Gasteiger partial charge on any atom is 0.0645 e. The van der Waals surface area contributed by atoms with Gasteiger partial charge < -0.3 is 5.32 Å². The van der Waals surface area contributed by atoms with Gasteiger partial charge >= 0.3 is 0 Å². The van der Waals surface area contributed by atoms with E-state index in [9.17, 15) is 0 Å². The van der Waals surface area contributed by atoms with Gasteiger partial charge in [-0.25, -0.2) is 0 Å². The summed E-state index contributed by atoms with van der Waals surface area (Å²) in [6.07, 6.45) is 0. The van der Waals surface area contributed by atoms with Gasteiger partial charge in [-0.05, 0) is 47.4 Å². The first kappa shape index (κ1) is 8.98. The Bertz CT molecular complexity index is 851. The second-order valence-electron chi connectivity index (χ2n) is 4.26. The zero-order valence-corrected chi connectivity index (χ0v) is 12.2. The summed E-state index contributed by atoms with van der Waals surface area (Å²) in [7, 11) is 0. The highest BCUT2D eigenvalue weighted by atomic mass is 79.9. The molecule has 0 amide bonds. The first-order valence-corrected chi connectivity index (χ1v) is 6.96. The summed E-state index contributed by atoms with van der Waals surface area (Å²) in [5.41, 5.74) is 3.05. The average Bonchev–Trinajstić information content (AvgIpc) is 2.63. The van der Waals surface area contributed by atoms with Crippen molar-refractivity contribution in [1.29, 1.82) is 0 Å². The Labute approximate surface area is 133 Å². The quantitative estimate of drug-likeness (QED) is 0.635. The molecule has 98 valence electrons. The van der Waals surface area contributed by atoms with Crippen LogP contribution < -0.4 is 5.32 Å². The molecule has 0 radical (unpaired) electrons. The maximum absolute atomic E-state index is 8.02. The van der Waals surface area contributed by atoms with Crippen molar-refractivity contribution in [1.82, 2.24) is 0 Å². The van der Waals surface area contributed by atoms with Gasteiger partial charge in [-0.2, -0.15) is 0 Å². The van der Waals surface area contributed by atoms with Gasteiger partial charge in [0.2, 0.25) is 0 Å². The van der Waals surface area contributed by atoms with Crippen molar-refractivity contribution in [3.8, 4) is 11.1 Å². The topological polar surface area (TPSA) is 12.0 Å². The van der Waals surface area contributed by atoms with E-state index >= 15 is 0 Å². The van der Waals surface area contributed by atoms with Crippen molar-refractivity contribution in [3.63, 3.8) is 0 Å². The van der Waals surface area contributed by atoms with Gasteiger partial charge in [0.1, 0.15) is 0 Å². The number of halogens is 1. The van der Waals surface area contributed by atoms with Crippen LogP contribution in [0.15, 0.2) is 83.2 Å². The second kappa shape index (κ2) is 5.93. The summed E-state index contributed by atoms with van der Waals surface area (Å²) >= 11 is 3.09. The van der Waals surface area contributed by atoms with E-state index in [1.54, 1.807) is 0 Å². The molecule has 0 atom stereocenters. The Morgan fingerprint density at radius 2 is 1.30 bits per heavy atom. The van der Waals surface area contributed by atoms with E-state index in [1.807, 2.05) is 54.6 Å². The van der Waals surface area contributed by atoms with E-state index < -0.39 is 0 Å². The monoisotopic (exact) mass is 327 g/mol. The zero-order valence-electron chi connectivity index (χ0n) is 14.6. The van der Waals surface area contributed by atoms with Crippen LogP contribution in [-0.4, -0.2) is 0 Å². The lowest BCUT2D eigenvalue weighted by Crippen LogP contribution is -1.89. The smallest absolute Gasteiger partial charge is 0.0645 e. The van der Waals surface area contributed by atoms with Crippen molar-refractivity contribution in [2.75, 3.05) is 5.32 Å². The number of rotatable bonds is 3. The first-order valence-electron chi connectivity index (χ1n) is 8.17. The lowest BCUT2D eigenvalue weighted by atomic mass is 10.1. The SMILES string of the molecule is [2H]c1c([2H])c(Nc2ccc(-c3ccccc3)cc2)c([2H])c([2H])c1Br. The molecule has 20 heavy (non-hydrogen) atoms. The van der Waals surface area contributed by atoms with Gasteiger partial charge in [0.25, 0.3) is 0 Å². The van der Waals surface area contributed by atoms with Gasteiger partial charge in [0.15, 0.2) is 0 Å². The van der Waals surface area contributed by atoms with Crippen LogP contribution >= 0.6 is 15.9 Å². The Morgan fingerprint density at radius 1 is 0.700 bits per heavy atom. The van der Waals surface area contributed by atoms with Crippen LogP contribution in [0.2, 0.25) is 0 Å². The van der Waals surface area contributed by atoms with Crippen LogP contribution in [0, 0.1) is 0 Å². The van der Waals surface area contributed by atoms with E-state index in [4.69, 9.17) is 5.48 Å². The lowest BCUT2D eigenvalue weighted by molar-refractivity contribution is 1.53. The largest absolute Gasteiger partial charge is 0.356 e. The summed E-state index contributed by atoms with van der Waals surface area (Å²) in [5, 5.41) is 2.99. The van der Waals surface area contributed by atoms with Gasteiger partial charge in [-0.15, -0.1) is 0 Å². The molecule has 0 spiro atoms. The molecule has 0 heterocycles. The third-order valence-corrected chi connectivity index (χ3v) is 3.25. The van der Waals surface area contributed by atoms with E-state index in [-0.39, 0.29) is 34.3 Å². The third-order valence-electron chi connectivity index (χ3n) is 2.86. The maximum atomic E-state index is 8.02. The van der Waals surface area contributed by atoms with Crippen molar-refractivity contribution in [3.05, 3.63) is 83.2 Å². The van der Waals surface area contributed by atoms with Crippen LogP contribution in [-0.2, 0) is 0 Å². The molecule has 0 aliphatic carbocycles. The molecule has 0 unspecified atom stereocenters. The standard InChI is InChI=1S/C18H14BrN/c19-16-8-12-18(13-9-16)20-17-10-6-15(7-11-17)14-4-2-1-3-5-14/h1-13,20H/i8D,9D,12D,13D. The van der Waals surface area contributed by atoms with E-state index in [1.165, 1.54) is 0 Å². The fraction of sp³-hybridized carbons (Fsp3) is 0. The van der Waals surface area contributed by atoms with Crippen molar-refractivity contribution in [2.45, 2.75) is 0 Å². The highest BCUT2D eigenvalue weighted by molar-refractivity contribution is 9.10. The molecule has 0 aromatic heterocycles. The number of anilines is 2. The zero-order chi connectivity index (χ0) is 17.3. The highest BCUT2D eigenvalue weighted by Gasteiger charge is 1.98. The van der Waals surface area contributed by atoms with Crippen LogP contribution in [0.5, 0.6) is 0 Å². The average molecular weight is 328 g/mol. The van der Waals surface area contributed by atoms with Gasteiger partial charge in [-0.1, -0.05) is 58.4 Å². The van der Waals surface area contributed by atoms with Crippen LogP contribution in [0.3, 0.4) is 0 Å². The lowest BCUT2D eigenvalue weighted by Gasteiger charge is -2.08. The molecule has 0 saturated carbocycles. The van der Waals surface area contributed by atoms with E-state index in [0.29, 0.717) is 5.69 Å². The normalized spacial score (nSPS) is 13.1. The van der Waals surface area contributed by atoms with Gasteiger partial charge in [0, 0.05) is 15.8 Å². The Kier molecular flexibility index (Phi) is 2.66. The summed E-state index contributed by atoms with van der Waals surface area (Å²) in [4.78, 5) is 0. The molecule has 1 nitrogen and oxygen atoms in total. The summed E-state index contributed by atoms with van der Waals surface area (Å²) in [6.45, 7) is 0. The minimum Gasteiger partial charge on any atom is -0.356 e. The molecule has 2 heteroatoms. The predicted octanol–water partition coefficient (Wildman–Crippen LogP) is 5.86. The molecule has 3 aromatic carbocycles. The molecular formula is C18H14BrN. The molecule has 1 N–H and O–H groups in total. The molecular weight excluding hydrogens is 310 g/mol. The molecule has 3 rings (SSSR count). The molecule has 3 aromatic rings. The predicted molar refractivity (Wildman–Crippen MR) is 89.3 cm³/mol. The van der Waals surface area contributed by atoms with E-state index in [2.05, 4.69) is 21.2 Å². The molecule has 0 aliphatic rings. The van der Waals surface area contributed by atoms with E-state index in [0.717, 1.165) is 11.1 Å². The van der Waals surface area contributed by atoms with Crippen LogP contribution in [0.25, 0.3) is 11.1 Å². The molecule has 0 bridgehead atoms. The molecule has 0 saturated heterocycles. The Morgan fingerprint density at radius 3 is 1.95 bits per heavy atom. The van der Waals surface area contributed by atoms with Crippen LogP contribution in [0.4, 0.5) is 11.4 Å². The number of nitrogens with one attached hydrogen (secondary N) is 1. The summed E-state index contributed by atoms with van der Waals surface area (Å²) in [5.74, 6) is 0. The van der Waals surface area contributed by atoms with Crippen LogP contribution in [0.1, 0.15) is 5.48 Å². The first-order chi connectivity index (χ1) is 11.5. The van der Waals surface area contributed by atoms with Crippen molar-refractivity contribution in [2.24, 2.45) is 0 Å². The fourth-order valence-electron chi connectivity index (χ4n) is 1.88. The minimum atomic E-state index is -0.102. The van der Waals surface area contributed by atoms with Crippen molar-refractivity contribution < 1.29 is 5.48 Å². The summed E-state index contributed by atoms with van der Waals surface area (Å²) < 4.78 is 31.9. The molecule has 0 aliphatic heterocycles. The second-order valence-corrected chi connectivity index (χ2v) is 5.05. The highest BCUT2D eigenvalue weighted by Crippen LogP contribution is 2.23. The number of hydrogen-bond donors (Lipinski definition) is 1.